The fourth-order valence-corrected chi connectivity index (χ4v) is 2.18. The molecule has 0 spiro atoms. The highest BCUT2D eigenvalue weighted by Gasteiger charge is 2.44. The quantitative estimate of drug-likeness (QED) is 0.591. The van der Waals surface area contributed by atoms with Crippen LogP contribution in [-0.2, 0) is 9.47 Å². The van der Waals surface area contributed by atoms with Gasteiger partial charge in [0.1, 0.15) is 0 Å². The minimum atomic E-state index is -0.240. The number of rotatable bonds is 11. The minimum absolute atomic E-state index is 0.0815. The second kappa shape index (κ2) is 8.10. The Morgan fingerprint density at radius 2 is 2.11 bits per heavy atom. The van der Waals surface area contributed by atoms with Crippen LogP contribution in [0.15, 0.2) is 0 Å². The van der Waals surface area contributed by atoms with Gasteiger partial charge in [0, 0.05) is 6.61 Å². The highest BCUT2D eigenvalue weighted by Crippen LogP contribution is 2.39. The Kier molecular flexibility index (Phi) is 7.15. The Morgan fingerprint density at radius 1 is 1.39 bits per heavy atom. The van der Waals surface area contributed by atoms with Gasteiger partial charge in [-0.15, -0.1) is 0 Å². The van der Waals surface area contributed by atoms with E-state index in [4.69, 9.17) is 9.47 Å². The molecule has 18 heavy (non-hydrogen) atoms. The Bertz CT molecular complexity index is 221. The van der Waals surface area contributed by atoms with Crippen LogP contribution in [0.3, 0.4) is 0 Å². The van der Waals surface area contributed by atoms with E-state index in [1.165, 1.54) is 12.8 Å². The minimum Gasteiger partial charge on any atom is -0.394 e. The smallest absolute Gasteiger partial charge is 0.0781 e. The first kappa shape index (κ1) is 15.9. The third-order valence-electron chi connectivity index (χ3n) is 3.55. The Balaban J connectivity index is 2.40. The highest BCUT2D eigenvalue weighted by molar-refractivity contribution is 5.01. The van der Waals surface area contributed by atoms with E-state index in [-0.39, 0.29) is 18.2 Å². The summed E-state index contributed by atoms with van der Waals surface area (Å²) in [6.07, 6.45) is 3.54. The zero-order chi connectivity index (χ0) is 13.4. The molecule has 0 heterocycles. The summed E-state index contributed by atoms with van der Waals surface area (Å²) in [4.78, 5) is 0. The number of hydrogen-bond acceptors (Lipinski definition) is 4. The van der Waals surface area contributed by atoms with E-state index < -0.39 is 0 Å². The standard InChI is InChI=1S/C14H29NO3/c1-4-8-15-14(10-16,13-6-7-13)11-18-12(3)9-17-5-2/h12-13,15-16H,4-11H2,1-3H3. The van der Waals surface area contributed by atoms with E-state index in [0.717, 1.165) is 19.6 Å². The monoisotopic (exact) mass is 259 g/mol. The topological polar surface area (TPSA) is 50.7 Å². The average Bonchev–Trinajstić information content (AvgIpc) is 3.22. The molecule has 1 fully saturated rings. The molecule has 4 nitrogen and oxygen atoms in total. The second-order valence-corrected chi connectivity index (χ2v) is 5.30. The molecular weight excluding hydrogens is 230 g/mol. The zero-order valence-corrected chi connectivity index (χ0v) is 12.1. The second-order valence-electron chi connectivity index (χ2n) is 5.30. The van der Waals surface area contributed by atoms with Gasteiger partial charge in [-0.3, -0.25) is 0 Å². The molecule has 0 amide bonds. The van der Waals surface area contributed by atoms with Gasteiger partial charge in [0.15, 0.2) is 0 Å². The van der Waals surface area contributed by atoms with Crippen molar-refractivity contribution in [1.29, 1.82) is 0 Å². The lowest BCUT2D eigenvalue weighted by Crippen LogP contribution is -2.55. The van der Waals surface area contributed by atoms with Crippen LogP contribution in [0.4, 0.5) is 0 Å². The summed E-state index contributed by atoms with van der Waals surface area (Å²) < 4.78 is 11.2. The van der Waals surface area contributed by atoms with Gasteiger partial charge in [-0.2, -0.15) is 0 Å². The van der Waals surface area contributed by atoms with Crippen molar-refractivity contribution in [2.75, 3.05) is 33.0 Å². The molecule has 1 saturated carbocycles. The summed E-state index contributed by atoms with van der Waals surface area (Å²) in [5.74, 6) is 0.563. The first-order valence-electron chi connectivity index (χ1n) is 7.23. The zero-order valence-electron chi connectivity index (χ0n) is 12.1. The van der Waals surface area contributed by atoms with E-state index in [1.54, 1.807) is 0 Å². The number of aliphatic hydroxyl groups excluding tert-OH is 1. The number of ether oxygens (including phenoxy) is 2. The van der Waals surface area contributed by atoms with Gasteiger partial charge in [0.2, 0.25) is 0 Å². The molecule has 0 aromatic carbocycles. The molecule has 0 aromatic heterocycles. The summed E-state index contributed by atoms with van der Waals surface area (Å²) in [6.45, 7) is 9.14. The van der Waals surface area contributed by atoms with Gasteiger partial charge < -0.3 is 19.9 Å². The molecule has 0 bridgehead atoms. The van der Waals surface area contributed by atoms with Crippen LogP contribution >= 0.6 is 0 Å². The predicted octanol–water partition coefficient (Wildman–Crippen LogP) is 1.57. The molecule has 2 unspecified atom stereocenters. The predicted molar refractivity (Wildman–Crippen MR) is 72.7 cm³/mol. The SMILES string of the molecule is CCCNC(CO)(COC(C)COCC)C1CC1. The maximum atomic E-state index is 9.73. The Morgan fingerprint density at radius 3 is 2.61 bits per heavy atom. The van der Waals surface area contributed by atoms with Crippen LogP contribution < -0.4 is 5.32 Å². The lowest BCUT2D eigenvalue weighted by atomic mass is 9.95. The maximum Gasteiger partial charge on any atom is 0.0781 e. The summed E-state index contributed by atoms with van der Waals surface area (Å²) in [6, 6.07) is 0. The van der Waals surface area contributed by atoms with Crippen LogP contribution in [-0.4, -0.2) is 49.7 Å². The molecule has 0 aliphatic heterocycles. The van der Waals surface area contributed by atoms with Gasteiger partial charge >= 0.3 is 0 Å². The Labute approximate surface area is 111 Å². The molecular formula is C14H29NO3. The summed E-state index contributed by atoms with van der Waals surface area (Å²) >= 11 is 0. The molecule has 108 valence electrons. The molecule has 2 N–H and O–H groups in total. The van der Waals surface area contributed by atoms with Crippen molar-refractivity contribution >= 4 is 0 Å². The van der Waals surface area contributed by atoms with E-state index in [1.807, 2.05) is 13.8 Å². The molecule has 0 radical (unpaired) electrons. The fourth-order valence-electron chi connectivity index (χ4n) is 2.18. The summed E-state index contributed by atoms with van der Waals surface area (Å²) in [5.41, 5.74) is -0.240. The number of aliphatic hydroxyl groups is 1. The van der Waals surface area contributed by atoms with E-state index >= 15 is 0 Å². The van der Waals surface area contributed by atoms with Gasteiger partial charge in [0.25, 0.3) is 0 Å². The van der Waals surface area contributed by atoms with Gasteiger partial charge in [0.05, 0.1) is 31.5 Å². The van der Waals surface area contributed by atoms with Crippen LogP contribution in [0.5, 0.6) is 0 Å². The molecule has 4 heteroatoms. The average molecular weight is 259 g/mol. The largest absolute Gasteiger partial charge is 0.394 e. The highest BCUT2D eigenvalue weighted by atomic mass is 16.5. The van der Waals surface area contributed by atoms with E-state index in [9.17, 15) is 5.11 Å². The van der Waals surface area contributed by atoms with Crippen molar-refractivity contribution in [1.82, 2.24) is 5.32 Å². The lowest BCUT2D eigenvalue weighted by molar-refractivity contribution is -0.0447. The third kappa shape index (κ3) is 4.84. The van der Waals surface area contributed by atoms with Crippen LogP contribution in [0, 0.1) is 5.92 Å². The van der Waals surface area contributed by atoms with Crippen molar-refractivity contribution < 1.29 is 14.6 Å². The van der Waals surface area contributed by atoms with Crippen molar-refractivity contribution in [2.45, 2.75) is 51.7 Å². The molecule has 2 atom stereocenters. The van der Waals surface area contributed by atoms with Crippen molar-refractivity contribution in [3.63, 3.8) is 0 Å². The number of nitrogens with one attached hydrogen (secondary N) is 1. The lowest BCUT2D eigenvalue weighted by Gasteiger charge is -2.34. The van der Waals surface area contributed by atoms with Crippen molar-refractivity contribution in [3.05, 3.63) is 0 Å². The molecule has 0 aromatic rings. The molecule has 0 saturated heterocycles. The maximum absolute atomic E-state index is 9.73. The van der Waals surface area contributed by atoms with Crippen LogP contribution in [0.1, 0.15) is 40.0 Å². The normalized spacial score (nSPS) is 20.7. The van der Waals surface area contributed by atoms with Crippen molar-refractivity contribution in [3.8, 4) is 0 Å². The van der Waals surface area contributed by atoms with E-state index in [2.05, 4.69) is 12.2 Å². The van der Waals surface area contributed by atoms with Crippen molar-refractivity contribution in [2.24, 2.45) is 5.92 Å². The fraction of sp³-hybridized carbons (Fsp3) is 1.00. The first-order valence-corrected chi connectivity index (χ1v) is 7.23. The van der Waals surface area contributed by atoms with E-state index in [0.29, 0.717) is 19.1 Å². The molecule has 1 aliphatic rings. The van der Waals surface area contributed by atoms with Crippen LogP contribution in [0.25, 0.3) is 0 Å². The van der Waals surface area contributed by atoms with Gasteiger partial charge in [-0.05, 0) is 45.6 Å². The Hall–Kier alpha value is -0.160. The third-order valence-corrected chi connectivity index (χ3v) is 3.55. The summed E-state index contributed by atoms with van der Waals surface area (Å²) in [7, 11) is 0. The number of hydrogen-bond donors (Lipinski definition) is 2. The first-order chi connectivity index (χ1) is 8.68. The molecule has 1 aliphatic carbocycles. The van der Waals surface area contributed by atoms with Gasteiger partial charge in [-0.25, -0.2) is 0 Å². The van der Waals surface area contributed by atoms with Gasteiger partial charge in [-0.1, -0.05) is 6.92 Å². The summed E-state index contributed by atoms with van der Waals surface area (Å²) in [5, 5.41) is 13.2. The molecule has 1 rings (SSSR count). The van der Waals surface area contributed by atoms with Crippen LogP contribution in [0.2, 0.25) is 0 Å².